The number of phenolic OH excluding ortho intramolecular Hbond substituents is 4. The molecule has 11 nitrogen and oxygen atoms in total. The molecule has 0 radical (unpaired) electrons. The van der Waals surface area contributed by atoms with Crippen LogP contribution in [0, 0.1) is 22.7 Å². The molecule has 0 aliphatic carbocycles. The maximum absolute atomic E-state index is 12.2. The van der Waals surface area contributed by atoms with Crippen LogP contribution >= 0.6 is 0 Å². The lowest BCUT2D eigenvalue weighted by Gasteiger charge is -2.12. The number of nitriles is 2. The first kappa shape index (κ1) is 25.3. The minimum atomic E-state index is -1.25. The molecule has 0 saturated heterocycles. The first-order chi connectivity index (χ1) is 16.1. The number of hydrogen-bond donors (Lipinski definition) is 7. The number of aromatic hydroxyl groups is 4. The van der Waals surface area contributed by atoms with E-state index in [0.717, 1.165) is 12.1 Å². The van der Waals surface area contributed by atoms with Crippen LogP contribution in [0.2, 0.25) is 0 Å². The van der Waals surface area contributed by atoms with E-state index in [1.165, 1.54) is 36.4 Å². The molecule has 0 aliphatic heterocycles. The summed E-state index contributed by atoms with van der Waals surface area (Å²) in [7, 11) is 0. The van der Waals surface area contributed by atoms with Crippen molar-refractivity contribution in [1.29, 1.82) is 10.5 Å². The van der Waals surface area contributed by atoms with Crippen molar-refractivity contribution in [3.05, 3.63) is 58.7 Å². The number of rotatable bonds is 8. The van der Waals surface area contributed by atoms with Crippen LogP contribution < -0.4 is 10.6 Å². The van der Waals surface area contributed by atoms with Crippen LogP contribution in [-0.4, -0.2) is 56.5 Å². The third-order valence-electron chi connectivity index (χ3n) is 4.35. The summed E-state index contributed by atoms with van der Waals surface area (Å²) in [4.78, 5) is 24.4. The van der Waals surface area contributed by atoms with Gasteiger partial charge in [-0.15, -0.1) is 0 Å². The lowest BCUT2D eigenvalue weighted by Crippen LogP contribution is -2.40. The Morgan fingerprint density at radius 1 is 0.765 bits per heavy atom. The molecule has 0 bridgehead atoms. The van der Waals surface area contributed by atoms with Crippen LogP contribution in [0.3, 0.4) is 0 Å². The van der Waals surface area contributed by atoms with Crippen LogP contribution in [0.1, 0.15) is 11.1 Å². The monoisotopic (exact) mass is 464 g/mol. The molecule has 0 aromatic heterocycles. The zero-order valence-corrected chi connectivity index (χ0v) is 17.6. The third-order valence-corrected chi connectivity index (χ3v) is 4.35. The normalized spacial score (nSPS) is 12.2. The van der Waals surface area contributed by atoms with Gasteiger partial charge in [-0.05, 0) is 47.5 Å². The van der Waals surface area contributed by atoms with Crippen molar-refractivity contribution in [1.82, 2.24) is 10.6 Å². The quantitative estimate of drug-likeness (QED) is 0.166. The van der Waals surface area contributed by atoms with Gasteiger partial charge in [0, 0.05) is 13.1 Å². The predicted octanol–water partition coefficient (Wildman–Crippen LogP) is 0.616. The molecule has 2 amide bonds. The number of aliphatic hydroxyl groups excluding tert-OH is 1. The SMILES string of the molecule is N#C/C(=C\c1ccc(O)c(O)c1)C(=O)NCC(O)CNC(=O)/C(C#N)=C/c1ccc(O)c(O)c1. The molecular weight excluding hydrogens is 444 g/mol. The summed E-state index contributed by atoms with van der Waals surface area (Å²) < 4.78 is 0. The average molecular weight is 464 g/mol. The van der Waals surface area contributed by atoms with Gasteiger partial charge < -0.3 is 36.2 Å². The van der Waals surface area contributed by atoms with Gasteiger partial charge in [-0.3, -0.25) is 9.59 Å². The minimum Gasteiger partial charge on any atom is -0.504 e. The number of carbonyl (C=O) groups excluding carboxylic acids is 2. The number of nitrogens with one attached hydrogen (secondary N) is 2. The van der Waals surface area contributed by atoms with Crippen LogP contribution in [0.4, 0.5) is 0 Å². The summed E-state index contributed by atoms with van der Waals surface area (Å²) in [6.45, 7) is -0.646. The fraction of sp³-hybridized carbons (Fsp3) is 0.130. The standard InChI is InChI=1S/C23H20N4O7/c24-9-15(5-13-1-3-18(29)20(31)7-13)22(33)26-11-17(28)12-27-23(34)16(10-25)6-14-2-4-19(30)21(32)8-14/h1-8,17,28-32H,11-12H2,(H,26,33)(H,27,34)/b15-5+,16-6+. The summed E-state index contributed by atoms with van der Waals surface area (Å²) in [5.41, 5.74) is -0.0819. The number of hydrogen-bond acceptors (Lipinski definition) is 9. The second kappa shape index (κ2) is 11.6. The molecule has 0 atom stereocenters. The van der Waals surface area contributed by atoms with Gasteiger partial charge in [0.2, 0.25) is 0 Å². The lowest BCUT2D eigenvalue weighted by atomic mass is 10.1. The highest BCUT2D eigenvalue weighted by Crippen LogP contribution is 2.26. The van der Waals surface area contributed by atoms with E-state index in [-0.39, 0.29) is 46.9 Å². The van der Waals surface area contributed by atoms with E-state index in [0.29, 0.717) is 0 Å². The molecule has 2 aromatic rings. The fourth-order valence-electron chi connectivity index (χ4n) is 2.57. The van der Waals surface area contributed by atoms with E-state index in [2.05, 4.69) is 10.6 Å². The second-order valence-electron chi connectivity index (χ2n) is 6.91. The van der Waals surface area contributed by atoms with E-state index in [1.807, 2.05) is 0 Å². The molecule has 0 aliphatic rings. The maximum atomic E-state index is 12.2. The summed E-state index contributed by atoms with van der Waals surface area (Å²) in [6, 6.07) is 10.8. The van der Waals surface area contributed by atoms with E-state index < -0.39 is 29.4 Å². The summed E-state index contributed by atoms with van der Waals surface area (Å²) in [5.74, 6) is -3.20. The molecule has 7 N–H and O–H groups in total. The minimum absolute atomic E-state index is 0.285. The van der Waals surface area contributed by atoms with Crippen molar-refractivity contribution < 1.29 is 35.1 Å². The molecule has 11 heteroatoms. The van der Waals surface area contributed by atoms with Crippen molar-refractivity contribution in [2.45, 2.75) is 6.10 Å². The van der Waals surface area contributed by atoms with E-state index >= 15 is 0 Å². The van der Waals surface area contributed by atoms with Crippen molar-refractivity contribution in [2.24, 2.45) is 0 Å². The van der Waals surface area contributed by atoms with Gasteiger partial charge in [-0.1, -0.05) is 12.1 Å². The first-order valence-corrected chi connectivity index (χ1v) is 9.66. The van der Waals surface area contributed by atoms with Crippen LogP contribution in [-0.2, 0) is 9.59 Å². The fourth-order valence-corrected chi connectivity index (χ4v) is 2.57. The third kappa shape index (κ3) is 7.02. The molecule has 0 heterocycles. The van der Waals surface area contributed by atoms with Gasteiger partial charge >= 0.3 is 0 Å². The van der Waals surface area contributed by atoms with Gasteiger partial charge in [0.05, 0.1) is 6.10 Å². The zero-order valence-electron chi connectivity index (χ0n) is 17.6. The van der Waals surface area contributed by atoms with Gasteiger partial charge in [0.15, 0.2) is 23.0 Å². The Kier molecular flexibility index (Phi) is 8.60. The van der Waals surface area contributed by atoms with E-state index in [9.17, 15) is 45.6 Å². The molecule has 0 spiro atoms. The predicted molar refractivity (Wildman–Crippen MR) is 119 cm³/mol. The van der Waals surface area contributed by atoms with Gasteiger partial charge in [-0.25, -0.2) is 0 Å². The Balaban J connectivity index is 1.92. The van der Waals surface area contributed by atoms with E-state index in [4.69, 9.17) is 0 Å². The molecule has 0 fully saturated rings. The smallest absolute Gasteiger partial charge is 0.262 e. The van der Waals surface area contributed by atoms with Crippen LogP contribution in [0.25, 0.3) is 12.2 Å². The number of benzene rings is 2. The summed E-state index contributed by atoms with van der Waals surface area (Å²) in [6.07, 6.45) is 1.10. The largest absolute Gasteiger partial charge is 0.504 e. The number of aliphatic hydroxyl groups is 1. The van der Waals surface area contributed by atoms with Crippen molar-refractivity contribution >= 4 is 24.0 Å². The Morgan fingerprint density at radius 2 is 1.15 bits per heavy atom. The van der Waals surface area contributed by atoms with Crippen molar-refractivity contribution in [3.63, 3.8) is 0 Å². The van der Waals surface area contributed by atoms with Crippen molar-refractivity contribution in [2.75, 3.05) is 13.1 Å². The second-order valence-corrected chi connectivity index (χ2v) is 6.91. The van der Waals surface area contributed by atoms with Crippen LogP contribution in [0.15, 0.2) is 47.5 Å². The first-order valence-electron chi connectivity index (χ1n) is 9.66. The van der Waals surface area contributed by atoms with Crippen molar-refractivity contribution in [3.8, 4) is 35.1 Å². The highest BCUT2D eigenvalue weighted by Gasteiger charge is 2.15. The molecular formula is C23H20N4O7. The molecule has 0 unspecified atom stereocenters. The maximum Gasteiger partial charge on any atom is 0.262 e. The van der Waals surface area contributed by atoms with Gasteiger partial charge in [-0.2, -0.15) is 10.5 Å². The Hall–Kier alpha value is -5.00. The Bertz CT molecular complexity index is 1140. The number of nitrogens with zero attached hydrogens (tertiary/aromatic N) is 2. The number of phenols is 4. The van der Waals surface area contributed by atoms with Gasteiger partial charge in [0.25, 0.3) is 11.8 Å². The molecule has 0 saturated carbocycles. The Labute approximate surface area is 193 Å². The topological polar surface area (TPSA) is 207 Å². The summed E-state index contributed by atoms with van der Waals surface area (Å²) >= 11 is 0. The molecule has 34 heavy (non-hydrogen) atoms. The van der Waals surface area contributed by atoms with Crippen LogP contribution in [0.5, 0.6) is 23.0 Å². The number of amides is 2. The van der Waals surface area contributed by atoms with Gasteiger partial charge in [0.1, 0.15) is 23.3 Å². The zero-order chi connectivity index (χ0) is 25.3. The highest BCUT2D eigenvalue weighted by atomic mass is 16.3. The average Bonchev–Trinajstić information content (AvgIpc) is 2.82. The molecule has 2 rings (SSSR count). The Morgan fingerprint density at radius 3 is 1.47 bits per heavy atom. The lowest BCUT2D eigenvalue weighted by molar-refractivity contribution is -0.117. The number of carbonyl (C=O) groups is 2. The molecule has 2 aromatic carbocycles. The molecule has 174 valence electrons. The highest BCUT2D eigenvalue weighted by molar-refractivity contribution is 6.02. The summed E-state index contributed by atoms with van der Waals surface area (Å²) in [5, 5.41) is 70.6. The van der Waals surface area contributed by atoms with E-state index in [1.54, 1.807) is 12.1 Å².